The van der Waals surface area contributed by atoms with E-state index in [-0.39, 0.29) is 17.1 Å². The molecule has 30 heavy (non-hydrogen) atoms. The zero-order valence-corrected chi connectivity index (χ0v) is 18.0. The minimum absolute atomic E-state index is 0.0408. The molecule has 3 heterocycles. The van der Waals surface area contributed by atoms with E-state index in [1.165, 1.54) is 35.0 Å². The summed E-state index contributed by atoms with van der Waals surface area (Å²) in [6.45, 7) is 2.03. The lowest BCUT2D eigenvalue weighted by Crippen LogP contribution is -2.35. The highest BCUT2D eigenvalue weighted by atomic mass is 79.9. The Morgan fingerprint density at radius 1 is 1.37 bits per heavy atom. The van der Waals surface area contributed by atoms with Crippen LogP contribution in [0.15, 0.2) is 54.9 Å². The number of halogens is 1. The van der Waals surface area contributed by atoms with Crippen molar-refractivity contribution in [3.05, 3.63) is 56.3 Å². The van der Waals surface area contributed by atoms with E-state index in [1.54, 1.807) is 18.2 Å². The summed E-state index contributed by atoms with van der Waals surface area (Å²) in [6, 6.07) is 7.69. The van der Waals surface area contributed by atoms with Gasteiger partial charge in [0.2, 0.25) is 5.17 Å². The van der Waals surface area contributed by atoms with Crippen LogP contribution in [0.25, 0.3) is 17.4 Å². The summed E-state index contributed by atoms with van der Waals surface area (Å²) in [7, 11) is 0. The molecule has 0 aliphatic carbocycles. The van der Waals surface area contributed by atoms with E-state index >= 15 is 0 Å². The van der Waals surface area contributed by atoms with Crippen molar-refractivity contribution in [3.63, 3.8) is 0 Å². The van der Waals surface area contributed by atoms with Gasteiger partial charge in [0.05, 0.1) is 10.5 Å². The molecule has 1 aromatic heterocycles. The highest BCUT2D eigenvalue weighted by Gasteiger charge is 2.35. The molecule has 1 N–H and O–H groups in total. The van der Waals surface area contributed by atoms with Crippen molar-refractivity contribution in [2.45, 2.75) is 19.8 Å². The maximum Gasteiger partial charge on any atom is 0.283 e. The van der Waals surface area contributed by atoms with E-state index in [0.29, 0.717) is 26.7 Å². The average Bonchev–Trinajstić information content (AvgIpc) is 3.32. The van der Waals surface area contributed by atoms with Crippen molar-refractivity contribution in [3.8, 4) is 11.3 Å². The fraction of sp³-hybridized carbons (Fsp3) is 0.158. The number of benzene rings is 1. The van der Waals surface area contributed by atoms with Gasteiger partial charge in [-0.2, -0.15) is 15.1 Å². The number of hydrogen-bond donors (Lipinski definition) is 1. The molecule has 0 unspecified atom stereocenters. The Bertz CT molecular complexity index is 1180. The first-order valence-corrected chi connectivity index (χ1v) is 10.5. The third-order valence-electron chi connectivity index (χ3n) is 4.30. The number of carbonyl (C=O) groups is 1. The Hall–Kier alpha value is -3.05. The number of nitro benzene ring substituents is 1. The summed E-state index contributed by atoms with van der Waals surface area (Å²) in [5, 5.41) is 26.2. The van der Waals surface area contributed by atoms with E-state index in [9.17, 15) is 14.9 Å². The van der Waals surface area contributed by atoms with Crippen LogP contribution in [0, 0.1) is 15.5 Å². The molecule has 1 amide bonds. The van der Waals surface area contributed by atoms with Crippen LogP contribution in [0.4, 0.5) is 5.69 Å². The van der Waals surface area contributed by atoms with Gasteiger partial charge < -0.3 is 4.42 Å². The number of nitro groups is 1. The van der Waals surface area contributed by atoms with Gasteiger partial charge in [-0.15, -0.1) is 0 Å². The number of hydrogen-bond acceptors (Lipinski definition) is 7. The van der Waals surface area contributed by atoms with Gasteiger partial charge in [-0.05, 0) is 64.8 Å². The molecule has 0 spiro atoms. The van der Waals surface area contributed by atoms with Gasteiger partial charge in [0.1, 0.15) is 16.6 Å². The molecule has 0 saturated heterocycles. The van der Waals surface area contributed by atoms with E-state index in [4.69, 9.17) is 9.83 Å². The van der Waals surface area contributed by atoms with Crippen LogP contribution in [-0.2, 0) is 4.79 Å². The second-order valence-electron chi connectivity index (χ2n) is 6.39. The molecule has 152 valence electrons. The largest absolute Gasteiger partial charge is 0.457 e. The van der Waals surface area contributed by atoms with Gasteiger partial charge in [0.25, 0.3) is 11.6 Å². The van der Waals surface area contributed by atoms with Gasteiger partial charge in [-0.1, -0.05) is 6.92 Å². The third-order valence-corrected chi connectivity index (χ3v) is 5.93. The lowest BCUT2D eigenvalue weighted by Gasteiger charge is -2.19. The predicted octanol–water partition coefficient (Wildman–Crippen LogP) is 5.04. The Labute approximate surface area is 183 Å². The first-order chi connectivity index (χ1) is 14.4. The van der Waals surface area contributed by atoms with Crippen LogP contribution in [0.2, 0.25) is 0 Å². The normalized spacial score (nSPS) is 17.3. The zero-order chi connectivity index (χ0) is 21.4. The molecule has 1 aromatic carbocycles. The molecule has 2 aliphatic rings. The minimum atomic E-state index is -0.527. The van der Waals surface area contributed by atoms with Gasteiger partial charge in [0, 0.05) is 22.2 Å². The van der Waals surface area contributed by atoms with Crippen molar-refractivity contribution >= 4 is 61.4 Å². The quantitative estimate of drug-likeness (QED) is 0.357. The summed E-state index contributed by atoms with van der Waals surface area (Å²) in [5.41, 5.74) is 0.658. The fourth-order valence-corrected chi connectivity index (χ4v) is 4.43. The highest BCUT2D eigenvalue weighted by Crippen LogP contribution is 2.34. The monoisotopic (exact) mass is 487 g/mol. The topological polar surface area (TPSA) is 125 Å². The number of hydrazone groups is 1. The predicted molar refractivity (Wildman–Crippen MR) is 118 cm³/mol. The van der Waals surface area contributed by atoms with Crippen LogP contribution in [0.1, 0.15) is 25.5 Å². The molecule has 4 rings (SSSR count). The number of non-ortho nitro benzene ring substituents is 1. The molecule has 2 aromatic rings. The molecule has 11 heteroatoms. The molecule has 0 saturated carbocycles. The van der Waals surface area contributed by atoms with Gasteiger partial charge in [-0.25, -0.2) is 0 Å². The number of thioether (sulfide) groups is 1. The number of aliphatic imine (C=N–C) groups is 1. The van der Waals surface area contributed by atoms with Crippen LogP contribution in [0.5, 0.6) is 0 Å². The second-order valence-corrected chi connectivity index (χ2v) is 8.28. The number of carbonyl (C=O) groups excluding carboxylic acids is 1. The molecule has 2 aliphatic heterocycles. The van der Waals surface area contributed by atoms with E-state index in [0.717, 1.165) is 17.9 Å². The van der Waals surface area contributed by atoms with E-state index < -0.39 is 10.8 Å². The highest BCUT2D eigenvalue weighted by molar-refractivity contribution is 9.10. The number of furan rings is 1. The maximum absolute atomic E-state index is 12.4. The zero-order valence-electron chi connectivity index (χ0n) is 15.6. The molecular weight excluding hydrogens is 474 g/mol. The number of fused-ring (bicyclic) bond motifs is 1. The summed E-state index contributed by atoms with van der Waals surface area (Å²) in [4.78, 5) is 26.9. The summed E-state index contributed by atoms with van der Waals surface area (Å²) < 4.78 is 6.30. The third kappa shape index (κ3) is 3.73. The maximum atomic E-state index is 12.4. The Balaban J connectivity index is 1.63. The Kier molecular flexibility index (Phi) is 5.39. The Morgan fingerprint density at radius 2 is 2.17 bits per heavy atom. The van der Waals surface area contributed by atoms with Crippen LogP contribution in [-0.4, -0.2) is 31.9 Å². The van der Waals surface area contributed by atoms with Gasteiger partial charge in [0.15, 0.2) is 5.84 Å². The van der Waals surface area contributed by atoms with Crippen molar-refractivity contribution in [1.82, 2.24) is 5.01 Å². The molecule has 0 radical (unpaired) electrons. The van der Waals surface area contributed by atoms with Crippen LogP contribution >= 0.6 is 27.7 Å². The van der Waals surface area contributed by atoms with Crippen LogP contribution in [0.3, 0.4) is 0 Å². The second kappa shape index (κ2) is 8.00. The molecule has 9 nitrogen and oxygen atoms in total. The number of rotatable bonds is 5. The molecule has 0 bridgehead atoms. The number of amidine groups is 2. The molecule has 0 atom stereocenters. The smallest absolute Gasteiger partial charge is 0.283 e. The number of nitrogens with one attached hydrogen (secondary N) is 1. The number of amides is 1. The van der Waals surface area contributed by atoms with Crippen molar-refractivity contribution in [2.75, 3.05) is 0 Å². The molecule has 0 fully saturated rings. The lowest BCUT2D eigenvalue weighted by molar-refractivity contribution is -0.384. The molecular formula is C19H14BrN5O4S. The first-order valence-electron chi connectivity index (χ1n) is 8.90. The SMILES string of the molecule is CCCC1=NN2C(=N)/C(=C\c3ccc(-c4ccc([N+](=O)[O-])cc4Br)o3)C(=O)N=C2S1. The van der Waals surface area contributed by atoms with E-state index in [1.807, 2.05) is 6.92 Å². The van der Waals surface area contributed by atoms with Crippen molar-refractivity contribution in [2.24, 2.45) is 10.1 Å². The first kappa shape index (κ1) is 20.2. The average molecular weight is 488 g/mol. The van der Waals surface area contributed by atoms with Crippen LogP contribution < -0.4 is 0 Å². The van der Waals surface area contributed by atoms with Gasteiger partial charge >= 0.3 is 0 Å². The van der Waals surface area contributed by atoms with Gasteiger partial charge in [-0.3, -0.25) is 20.3 Å². The minimum Gasteiger partial charge on any atom is -0.457 e. The summed E-state index contributed by atoms with van der Waals surface area (Å²) in [6.07, 6.45) is 3.11. The van der Waals surface area contributed by atoms with Crippen molar-refractivity contribution < 1.29 is 14.1 Å². The summed E-state index contributed by atoms with van der Waals surface area (Å²) >= 11 is 4.62. The summed E-state index contributed by atoms with van der Waals surface area (Å²) in [5.74, 6) is 0.230. The standard InChI is InChI=1S/C19H14BrN5O4S/c1-2-3-16-23-24-17(21)13(18(26)22-19(24)30-16)9-11-5-7-15(29-11)12-6-4-10(25(27)28)8-14(12)20/h4-9,21H,2-3H2,1H3/b13-9+,21-17?. The lowest BCUT2D eigenvalue weighted by atomic mass is 10.1. The van der Waals surface area contributed by atoms with Crippen molar-refractivity contribution in [1.29, 1.82) is 5.41 Å². The fourth-order valence-electron chi connectivity index (χ4n) is 2.88. The van der Waals surface area contributed by atoms with E-state index in [2.05, 4.69) is 26.0 Å². The number of nitrogens with zero attached hydrogens (tertiary/aromatic N) is 4. The Morgan fingerprint density at radius 3 is 2.87 bits per heavy atom.